The zero-order chi connectivity index (χ0) is 22.8. The molecule has 1 aliphatic heterocycles. The van der Waals surface area contributed by atoms with Crippen molar-refractivity contribution < 1.29 is 18.0 Å². The Bertz CT molecular complexity index is 1170. The van der Waals surface area contributed by atoms with Crippen LogP contribution < -0.4 is 5.32 Å². The van der Waals surface area contributed by atoms with Gasteiger partial charge in [-0.2, -0.15) is 23.7 Å². The molecule has 0 radical (unpaired) electrons. The van der Waals surface area contributed by atoms with Crippen LogP contribution in [0.5, 0.6) is 0 Å². The van der Waals surface area contributed by atoms with Crippen LogP contribution in [-0.4, -0.2) is 16.6 Å². The summed E-state index contributed by atoms with van der Waals surface area (Å²) in [5.41, 5.74) is 1.31. The number of amides is 1. The van der Waals surface area contributed by atoms with Crippen molar-refractivity contribution >= 4 is 17.3 Å². The zero-order valence-electron chi connectivity index (χ0n) is 16.5. The third-order valence-electron chi connectivity index (χ3n) is 4.91. The molecule has 0 spiro atoms. The number of anilines is 1. The van der Waals surface area contributed by atoms with Crippen molar-refractivity contribution in [2.24, 2.45) is 10.9 Å². The van der Waals surface area contributed by atoms with E-state index in [0.717, 1.165) is 18.3 Å². The molecule has 156 valence electrons. The number of benzene rings is 1. The first-order chi connectivity index (χ1) is 14.7. The van der Waals surface area contributed by atoms with Crippen LogP contribution in [0.3, 0.4) is 0 Å². The highest BCUT2D eigenvalue weighted by Gasteiger charge is 2.34. The van der Waals surface area contributed by atoms with E-state index >= 15 is 0 Å². The fraction of sp³-hybridized carbons (Fsp3) is 0.227. The molecule has 0 bridgehead atoms. The first-order valence-corrected chi connectivity index (χ1v) is 9.16. The number of rotatable bonds is 3. The number of aliphatic imine (C=N–C) groups is 1. The quantitative estimate of drug-likeness (QED) is 0.762. The normalized spacial score (nSPS) is 18.6. The molecule has 0 saturated carbocycles. The molecule has 6 nitrogen and oxygen atoms in total. The van der Waals surface area contributed by atoms with Crippen LogP contribution in [0.1, 0.15) is 41.4 Å². The third-order valence-corrected chi connectivity index (χ3v) is 4.91. The summed E-state index contributed by atoms with van der Waals surface area (Å²) in [4.78, 5) is 20.2. The van der Waals surface area contributed by atoms with Crippen LogP contribution in [0.4, 0.5) is 18.9 Å². The number of nitriles is 2. The highest BCUT2D eigenvalue weighted by atomic mass is 19.4. The van der Waals surface area contributed by atoms with Crippen LogP contribution in [0.25, 0.3) is 0 Å². The Hall–Kier alpha value is -3.98. The van der Waals surface area contributed by atoms with Gasteiger partial charge < -0.3 is 5.32 Å². The van der Waals surface area contributed by atoms with E-state index in [1.54, 1.807) is 32.0 Å². The monoisotopic (exact) mass is 423 g/mol. The van der Waals surface area contributed by atoms with Gasteiger partial charge in [0, 0.05) is 17.2 Å². The first-order valence-electron chi connectivity index (χ1n) is 9.16. The summed E-state index contributed by atoms with van der Waals surface area (Å²) in [7, 11) is 0. The fourth-order valence-electron chi connectivity index (χ4n) is 3.42. The summed E-state index contributed by atoms with van der Waals surface area (Å²) in [6, 6.07) is 12.6. The largest absolute Gasteiger partial charge is 0.433 e. The second-order valence-corrected chi connectivity index (χ2v) is 6.96. The van der Waals surface area contributed by atoms with Crippen molar-refractivity contribution in [2.75, 3.05) is 5.32 Å². The van der Waals surface area contributed by atoms with E-state index in [1.807, 2.05) is 0 Å². The van der Waals surface area contributed by atoms with Gasteiger partial charge in [0.15, 0.2) is 0 Å². The molecular formula is C22H16F3N5O. The minimum atomic E-state index is -4.57. The van der Waals surface area contributed by atoms with Crippen molar-refractivity contribution in [1.82, 2.24) is 4.98 Å². The van der Waals surface area contributed by atoms with Crippen molar-refractivity contribution in [3.05, 3.63) is 70.7 Å². The molecule has 2 heterocycles. The summed E-state index contributed by atoms with van der Waals surface area (Å²) >= 11 is 0. The van der Waals surface area contributed by atoms with Gasteiger partial charge >= 0.3 is 6.18 Å². The van der Waals surface area contributed by atoms with E-state index < -0.39 is 29.6 Å². The summed E-state index contributed by atoms with van der Waals surface area (Å²) in [5, 5.41) is 21.7. The van der Waals surface area contributed by atoms with Crippen molar-refractivity contribution in [1.29, 1.82) is 10.5 Å². The predicted molar refractivity (Wildman–Crippen MR) is 107 cm³/mol. The summed E-state index contributed by atoms with van der Waals surface area (Å²) in [6.45, 7) is 3.41. The van der Waals surface area contributed by atoms with Crippen LogP contribution in [0.2, 0.25) is 0 Å². The lowest BCUT2D eigenvalue weighted by Gasteiger charge is -2.27. The number of halogens is 3. The van der Waals surface area contributed by atoms with Gasteiger partial charge in [-0.3, -0.25) is 9.79 Å². The van der Waals surface area contributed by atoms with E-state index in [2.05, 4.69) is 27.4 Å². The van der Waals surface area contributed by atoms with Crippen LogP contribution >= 0.6 is 0 Å². The molecule has 2 atom stereocenters. The van der Waals surface area contributed by atoms with E-state index in [4.69, 9.17) is 0 Å². The van der Waals surface area contributed by atoms with Crippen molar-refractivity contribution in [2.45, 2.75) is 25.9 Å². The van der Waals surface area contributed by atoms with Gasteiger partial charge in [-0.1, -0.05) is 12.1 Å². The molecule has 1 aliphatic rings. The molecule has 2 unspecified atom stereocenters. The van der Waals surface area contributed by atoms with Crippen molar-refractivity contribution in [3.8, 4) is 12.1 Å². The number of alkyl halides is 3. The molecule has 3 rings (SSSR count). The van der Waals surface area contributed by atoms with E-state index in [9.17, 15) is 28.5 Å². The molecule has 2 aromatic rings. The van der Waals surface area contributed by atoms with Crippen LogP contribution in [0.15, 0.2) is 58.9 Å². The minimum absolute atomic E-state index is 0.104. The Morgan fingerprint density at radius 1 is 1.16 bits per heavy atom. The van der Waals surface area contributed by atoms with Gasteiger partial charge in [0.05, 0.1) is 41.2 Å². The van der Waals surface area contributed by atoms with Crippen LogP contribution in [-0.2, 0) is 6.18 Å². The number of nitrogens with one attached hydrogen (secondary N) is 1. The van der Waals surface area contributed by atoms with Gasteiger partial charge in [-0.25, -0.2) is 4.98 Å². The highest BCUT2D eigenvalue weighted by Crippen LogP contribution is 2.38. The lowest BCUT2D eigenvalue weighted by Crippen LogP contribution is -2.25. The first kappa shape index (κ1) is 21.7. The number of carbonyl (C=O) groups is 1. The Kier molecular flexibility index (Phi) is 5.89. The average molecular weight is 423 g/mol. The predicted octanol–water partition coefficient (Wildman–Crippen LogP) is 4.85. The number of aromatic nitrogens is 1. The molecule has 1 aromatic carbocycles. The Balaban J connectivity index is 1.89. The van der Waals surface area contributed by atoms with Gasteiger partial charge in [0.2, 0.25) is 0 Å². The maximum absolute atomic E-state index is 12.6. The molecule has 1 N–H and O–H groups in total. The maximum Gasteiger partial charge on any atom is 0.433 e. The smallest absolute Gasteiger partial charge is 0.321 e. The SMILES string of the molecule is CC1=NC(C)=C(C#N)C(c2cccc(C(=O)Nc3ccc(C(F)(F)F)nc3)c2)C1C#N. The van der Waals surface area contributed by atoms with E-state index in [-0.39, 0.29) is 11.3 Å². The van der Waals surface area contributed by atoms with Gasteiger partial charge in [0.25, 0.3) is 5.91 Å². The second kappa shape index (κ2) is 8.41. The Morgan fingerprint density at radius 2 is 1.90 bits per heavy atom. The van der Waals surface area contributed by atoms with E-state index in [0.29, 0.717) is 22.5 Å². The Morgan fingerprint density at radius 3 is 2.48 bits per heavy atom. The number of pyridine rings is 1. The van der Waals surface area contributed by atoms with Crippen LogP contribution in [0, 0.1) is 28.6 Å². The van der Waals surface area contributed by atoms with Gasteiger partial charge in [-0.15, -0.1) is 0 Å². The lowest BCUT2D eigenvalue weighted by molar-refractivity contribution is -0.141. The number of carbonyl (C=O) groups excluding carboxylic acids is 1. The summed E-state index contributed by atoms with van der Waals surface area (Å²) in [5.74, 6) is -1.79. The number of hydrogen-bond acceptors (Lipinski definition) is 5. The molecule has 0 saturated heterocycles. The summed E-state index contributed by atoms with van der Waals surface area (Å²) in [6.07, 6.45) is -3.64. The topological polar surface area (TPSA) is 102 Å². The highest BCUT2D eigenvalue weighted by molar-refractivity contribution is 6.04. The molecule has 9 heteroatoms. The molecule has 0 fully saturated rings. The Labute approximate surface area is 176 Å². The minimum Gasteiger partial charge on any atom is -0.321 e. The molecule has 0 aliphatic carbocycles. The fourth-order valence-corrected chi connectivity index (χ4v) is 3.42. The van der Waals surface area contributed by atoms with Crippen molar-refractivity contribution in [3.63, 3.8) is 0 Å². The lowest BCUT2D eigenvalue weighted by atomic mass is 9.76. The maximum atomic E-state index is 12.6. The number of allylic oxidation sites excluding steroid dienone is 2. The van der Waals surface area contributed by atoms with Gasteiger partial charge in [-0.05, 0) is 43.7 Å². The van der Waals surface area contributed by atoms with Gasteiger partial charge in [0.1, 0.15) is 5.69 Å². The average Bonchev–Trinajstić information content (AvgIpc) is 2.73. The summed E-state index contributed by atoms with van der Waals surface area (Å²) < 4.78 is 37.9. The molecule has 1 aromatic heterocycles. The standard InChI is InChI=1S/C22H16F3N5O/c1-12-17(9-26)20(18(10-27)13(2)29-12)14-4-3-5-15(8-14)21(31)30-16-6-7-19(28-11-16)22(23,24)25/h3-8,11,17,20H,1-2H3,(H,30,31). The third kappa shape index (κ3) is 4.46. The number of hydrogen-bond donors (Lipinski definition) is 1. The second-order valence-electron chi connectivity index (χ2n) is 6.96. The zero-order valence-corrected chi connectivity index (χ0v) is 16.5. The van der Waals surface area contributed by atoms with E-state index in [1.165, 1.54) is 6.07 Å². The molecule has 31 heavy (non-hydrogen) atoms. The molecular weight excluding hydrogens is 407 g/mol. The molecule has 1 amide bonds. The number of nitrogens with zero attached hydrogens (tertiary/aromatic N) is 4.